The highest BCUT2D eigenvalue weighted by Crippen LogP contribution is 2.34. The number of amidine groups is 1. The molecular formula is C16H17FN6O2S. The number of nitrogens with two attached hydrogens (primary N) is 1. The molecular weight excluding hydrogens is 359 g/mol. The summed E-state index contributed by atoms with van der Waals surface area (Å²) in [7, 11) is 0. The number of hydrogen-bond donors (Lipinski definition) is 2. The lowest BCUT2D eigenvalue weighted by atomic mass is 9.94. The fraction of sp³-hybridized carbons (Fsp3) is 0.312. The van der Waals surface area contributed by atoms with Crippen molar-refractivity contribution in [3.8, 4) is 5.88 Å². The van der Waals surface area contributed by atoms with Gasteiger partial charge in [0.05, 0.1) is 18.1 Å². The van der Waals surface area contributed by atoms with Crippen LogP contribution in [0, 0.1) is 0 Å². The van der Waals surface area contributed by atoms with Crippen LogP contribution in [0.25, 0.3) is 0 Å². The highest BCUT2D eigenvalue weighted by molar-refractivity contribution is 8.13. The lowest BCUT2D eigenvalue weighted by Gasteiger charge is -2.28. The number of aromatic nitrogens is 3. The standard InChI is InChI=1S/C16H17FN6O2S/c1-16(3-5-26-15(18)23-16)12-6-10(2-4-19-12)22-14(24)11-7-21-13(8-20-11)25-9-17/h2,4,6-8H,3,5,9H2,1H3,(H2,18,23)(H,19,22,24)/t16-/m0/s1. The second-order valence-corrected chi connectivity index (χ2v) is 6.81. The number of carbonyl (C=O) groups excluding carboxylic acids is 1. The lowest BCUT2D eigenvalue weighted by Crippen LogP contribution is -2.29. The molecule has 10 heteroatoms. The van der Waals surface area contributed by atoms with Gasteiger partial charge in [0.15, 0.2) is 5.17 Å². The zero-order valence-corrected chi connectivity index (χ0v) is 14.8. The van der Waals surface area contributed by atoms with Gasteiger partial charge in [-0.05, 0) is 25.5 Å². The van der Waals surface area contributed by atoms with Gasteiger partial charge in [-0.1, -0.05) is 11.8 Å². The summed E-state index contributed by atoms with van der Waals surface area (Å²) in [5.41, 5.74) is 6.67. The van der Waals surface area contributed by atoms with E-state index in [0.717, 1.165) is 17.9 Å². The summed E-state index contributed by atoms with van der Waals surface area (Å²) in [5, 5.41) is 3.26. The average Bonchev–Trinajstić information content (AvgIpc) is 2.63. The first-order valence-electron chi connectivity index (χ1n) is 7.77. The Morgan fingerprint density at radius 2 is 2.27 bits per heavy atom. The van der Waals surface area contributed by atoms with E-state index in [2.05, 4.69) is 30.0 Å². The minimum atomic E-state index is -1.01. The van der Waals surface area contributed by atoms with E-state index in [1.54, 1.807) is 18.3 Å². The van der Waals surface area contributed by atoms with E-state index in [0.29, 0.717) is 10.9 Å². The summed E-state index contributed by atoms with van der Waals surface area (Å²) in [5.74, 6) is 0.412. The van der Waals surface area contributed by atoms with E-state index in [1.165, 1.54) is 24.2 Å². The summed E-state index contributed by atoms with van der Waals surface area (Å²) >= 11 is 1.51. The van der Waals surface area contributed by atoms with E-state index < -0.39 is 18.3 Å². The molecule has 2 aromatic rings. The number of aliphatic imine (C=N–C) groups is 1. The van der Waals surface area contributed by atoms with Crippen molar-refractivity contribution in [2.24, 2.45) is 10.7 Å². The predicted molar refractivity (Wildman–Crippen MR) is 96.9 cm³/mol. The maximum atomic E-state index is 12.3. The monoisotopic (exact) mass is 376 g/mol. The number of rotatable bonds is 5. The third kappa shape index (κ3) is 4.07. The minimum Gasteiger partial charge on any atom is -0.445 e. The fourth-order valence-electron chi connectivity index (χ4n) is 2.43. The molecule has 1 aliphatic rings. The van der Waals surface area contributed by atoms with Gasteiger partial charge in [-0.3, -0.25) is 9.78 Å². The van der Waals surface area contributed by atoms with Gasteiger partial charge in [0.1, 0.15) is 11.2 Å². The average molecular weight is 376 g/mol. The van der Waals surface area contributed by atoms with Gasteiger partial charge in [0.2, 0.25) is 12.7 Å². The first-order chi connectivity index (χ1) is 12.5. The molecule has 3 heterocycles. The molecule has 0 bridgehead atoms. The number of nitrogens with one attached hydrogen (secondary N) is 1. The van der Waals surface area contributed by atoms with Crippen LogP contribution in [0.3, 0.4) is 0 Å². The zero-order chi connectivity index (χ0) is 18.6. The molecule has 0 fully saturated rings. The van der Waals surface area contributed by atoms with Crippen molar-refractivity contribution in [2.45, 2.75) is 18.9 Å². The third-order valence-corrected chi connectivity index (χ3v) is 4.62. The van der Waals surface area contributed by atoms with Gasteiger partial charge in [-0.15, -0.1) is 0 Å². The van der Waals surface area contributed by atoms with Crippen LogP contribution in [0.2, 0.25) is 0 Å². The van der Waals surface area contributed by atoms with Gasteiger partial charge in [-0.25, -0.2) is 19.4 Å². The Balaban J connectivity index is 1.76. The lowest BCUT2D eigenvalue weighted by molar-refractivity contribution is 0.102. The van der Waals surface area contributed by atoms with E-state index in [4.69, 9.17) is 5.73 Å². The zero-order valence-electron chi connectivity index (χ0n) is 14.0. The number of anilines is 1. The van der Waals surface area contributed by atoms with Crippen molar-refractivity contribution >= 4 is 28.5 Å². The Morgan fingerprint density at radius 3 is 2.96 bits per heavy atom. The first-order valence-corrected chi connectivity index (χ1v) is 8.75. The van der Waals surface area contributed by atoms with Crippen molar-refractivity contribution in [1.29, 1.82) is 0 Å². The molecule has 3 N–H and O–H groups in total. The molecule has 1 atom stereocenters. The van der Waals surface area contributed by atoms with E-state index in [9.17, 15) is 9.18 Å². The second-order valence-electron chi connectivity index (χ2n) is 5.70. The fourth-order valence-corrected chi connectivity index (χ4v) is 3.41. The molecule has 1 aliphatic heterocycles. The van der Waals surface area contributed by atoms with Gasteiger partial charge >= 0.3 is 0 Å². The number of carbonyl (C=O) groups is 1. The molecule has 8 nitrogen and oxygen atoms in total. The van der Waals surface area contributed by atoms with Crippen LogP contribution in [-0.4, -0.2) is 38.6 Å². The number of pyridine rings is 1. The Kier molecular flexibility index (Phi) is 5.31. The normalized spacial score (nSPS) is 19.5. The number of ether oxygens (including phenoxy) is 1. The van der Waals surface area contributed by atoms with E-state index in [1.807, 2.05) is 6.92 Å². The summed E-state index contributed by atoms with van der Waals surface area (Å²) in [6.07, 6.45) is 4.80. The van der Waals surface area contributed by atoms with Gasteiger partial charge in [-0.2, -0.15) is 0 Å². The Hall–Kier alpha value is -2.75. The van der Waals surface area contributed by atoms with Crippen molar-refractivity contribution in [3.05, 3.63) is 42.1 Å². The van der Waals surface area contributed by atoms with Crippen LogP contribution in [0.5, 0.6) is 5.88 Å². The van der Waals surface area contributed by atoms with E-state index in [-0.39, 0.29) is 11.6 Å². The van der Waals surface area contributed by atoms with Crippen LogP contribution in [-0.2, 0) is 5.54 Å². The second kappa shape index (κ2) is 7.65. The quantitative estimate of drug-likeness (QED) is 0.821. The molecule has 0 spiro atoms. The molecule has 0 saturated heterocycles. The van der Waals surface area contributed by atoms with Crippen molar-refractivity contribution in [2.75, 3.05) is 17.9 Å². The van der Waals surface area contributed by atoms with Gasteiger partial charge in [0, 0.05) is 17.6 Å². The molecule has 0 radical (unpaired) electrons. The third-order valence-electron chi connectivity index (χ3n) is 3.83. The Morgan fingerprint density at radius 1 is 1.42 bits per heavy atom. The summed E-state index contributed by atoms with van der Waals surface area (Å²) in [6.45, 7) is 0.951. The SMILES string of the molecule is C[C@@]1(c2cc(NC(=O)c3cnc(OCF)cn3)ccn2)CCSC(N)=N1. The van der Waals surface area contributed by atoms with Gasteiger partial charge < -0.3 is 15.8 Å². The smallest absolute Gasteiger partial charge is 0.275 e. The Bertz CT molecular complexity index is 832. The molecule has 26 heavy (non-hydrogen) atoms. The molecule has 2 aromatic heterocycles. The number of hydrogen-bond acceptors (Lipinski definition) is 8. The number of thioether (sulfide) groups is 1. The highest BCUT2D eigenvalue weighted by Gasteiger charge is 2.31. The predicted octanol–water partition coefficient (Wildman–Crippen LogP) is 2.10. The number of halogens is 1. The minimum absolute atomic E-state index is 0.00814. The summed E-state index contributed by atoms with van der Waals surface area (Å²) in [6, 6.07) is 3.43. The molecule has 3 rings (SSSR count). The van der Waals surface area contributed by atoms with Crippen molar-refractivity contribution < 1.29 is 13.9 Å². The molecule has 1 amide bonds. The summed E-state index contributed by atoms with van der Waals surface area (Å²) in [4.78, 5) is 28.9. The van der Waals surface area contributed by atoms with Crippen molar-refractivity contribution in [1.82, 2.24) is 15.0 Å². The largest absolute Gasteiger partial charge is 0.445 e. The molecule has 136 valence electrons. The maximum Gasteiger partial charge on any atom is 0.275 e. The van der Waals surface area contributed by atoms with Crippen LogP contribution in [0.4, 0.5) is 10.1 Å². The van der Waals surface area contributed by atoms with Crippen LogP contribution < -0.4 is 15.8 Å². The molecule has 0 saturated carbocycles. The maximum absolute atomic E-state index is 12.3. The topological polar surface area (TPSA) is 115 Å². The molecule has 0 unspecified atom stereocenters. The first kappa shape index (κ1) is 18.1. The van der Waals surface area contributed by atoms with E-state index >= 15 is 0 Å². The molecule has 0 aromatic carbocycles. The number of amides is 1. The van der Waals surface area contributed by atoms with Gasteiger partial charge in [0.25, 0.3) is 5.91 Å². The number of alkyl halides is 1. The van der Waals surface area contributed by atoms with Crippen LogP contribution in [0.15, 0.2) is 35.7 Å². The Labute approximate surface area is 153 Å². The van der Waals surface area contributed by atoms with Crippen LogP contribution >= 0.6 is 11.8 Å². The highest BCUT2D eigenvalue weighted by atomic mass is 32.2. The van der Waals surface area contributed by atoms with Crippen LogP contribution in [0.1, 0.15) is 29.5 Å². The number of nitrogens with zero attached hydrogens (tertiary/aromatic N) is 4. The molecule has 0 aliphatic carbocycles. The summed E-state index contributed by atoms with van der Waals surface area (Å²) < 4.78 is 16.6. The van der Waals surface area contributed by atoms with Crippen molar-refractivity contribution in [3.63, 3.8) is 0 Å².